The maximum absolute atomic E-state index is 13.9. The molecule has 1 aliphatic rings. The van der Waals surface area contributed by atoms with Crippen LogP contribution in [0.1, 0.15) is 84.5 Å². The third kappa shape index (κ3) is 19.5. The molecule has 0 saturated carbocycles. The van der Waals surface area contributed by atoms with Crippen molar-refractivity contribution in [3.05, 3.63) is 0 Å². The standard InChI is InChI=1S/C37H58N10O18/c1-3-16(2)29(36(63)47-12-4-5-23(47)35(62)45-22(15-48)37(64)65)46-34(61)21(14-25(40)50)44-33(60)20(8-11-28(55)56)43-32(59)19(7-10-27(53)54)42-31(58)18(6-9-26(51)52)41-30(57)17(38)13-24(39)49/h16-23,29,48H,3-15,38H2,1-2H3,(H2,39,49)(H2,40,50)(H,41,57)(H,42,58)(H,43,59)(H,44,60)(H,45,62)(H,46,61)(H,51,52)(H,53,54)(H,55,56)(H,64,65)/t16-,17-,18-,19-,20-,21-,22-,23-,29-/m0/s1. The van der Waals surface area contributed by atoms with Crippen LogP contribution < -0.4 is 49.1 Å². The Morgan fingerprint density at radius 3 is 1.40 bits per heavy atom. The normalized spacial score (nSPS) is 16.9. The summed E-state index contributed by atoms with van der Waals surface area (Å²) in [5, 5.41) is 59.7. The van der Waals surface area contributed by atoms with Crippen LogP contribution in [0.4, 0.5) is 0 Å². The molecule has 0 unspecified atom stereocenters. The average Bonchev–Trinajstić information content (AvgIpc) is 3.72. The Morgan fingerprint density at radius 2 is 1.02 bits per heavy atom. The van der Waals surface area contributed by atoms with Crippen LogP contribution in [-0.4, -0.2) is 169 Å². The van der Waals surface area contributed by atoms with E-state index >= 15 is 0 Å². The van der Waals surface area contributed by atoms with Crippen LogP contribution in [0.2, 0.25) is 0 Å². The fourth-order valence-corrected chi connectivity index (χ4v) is 6.30. The first-order chi connectivity index (χ1) is 30.3. The summed E-state index contributed by atoms with van der Waals surface area (Å²) in [6, 6.07) is -13.3. The van der Waals surface area contributed by atoms with E-state index in [0.29, 0.717) is 6.42 Å². The lowest BCUT2D eigenvalue weighted by atomic mass is 9.96. The Kier molecular flexibility index (Phi) is 23.5. The van der Waals surface area contributed by atoms with Gasteiger partial charge in [-0.15, -0.1) is 0 Å². The predicted molar refractivity (Wildman–Crippen MR) is 217 cm³/mol. The van der Waals surface area contributed by atoms with Gasteiger partial charge in [0.05, 0.1) is 25.5 Å². The van der Waals surface area contributed by atoms with Crippen molar-refractivity contribution in [3.8, 4) is 0 Å². The highest BCUT2D eigenvalue weighted by molar-refractivity contribution is 5.99. The molecule has 0 aromatic carbocycles. The summed E-state index contributed by atoms with van der Waals surface area (Å²) in [5.41, 5.74) is 16.0. The molecule has 65 heavy (non-hydrogen) atoms. The maximum atomic E-state index is 13.9. The zero-order chi connectivity index (χ0) is 49.7. The number of nitrogens with one attached hydrogen (secondary N) is 6. The van der Waals surface area contributed by atoms with Gasteiger partial charge in [0.25, 0.3) is 0 Å². The average molecular weight is 931 g/mol. The molecule has 1 saturated heterocycles. The Bertz CT molecular complexity index is 1810. The summed E-state index contributed by atoms with van der Waals surface area (Å²) in [6.07, 6.45) is -5.31. The predicted octanol–water partition coefficient (Wildman–Crippen LogP) is -6.32. The summed E-state index contributed by atoms with van der Waals surface area (Å²) in [7, 11) is 0. The third-order valence-electron chi connectivity index (χ3n) is 10.0. The number of hydrogen-bond acceptors (Lipinski definition) is 15. The van der Waals surface area contributed by atoms with Crippen molar-refractivity contribution in [2.24, 2.45) is 23.1 Å². The molecule has 0 aromatic rings. The van der Waals surface area contributed by atoms with Crippen LogP contribution in [0, 0.1) is 5.92 Å². The quantitative estimate of drug-likeness (QED) is 0.0319. The van der Waals surface area contributed by atoms with Gasteiger partial charge >= 0.3 is 23.9 Å². The molecule has 0 aromatic heterocycles. The van der Waals surface area contributed by atoms with Crippen molar-refractivity contribution in [3.63, 3.8) is 0 Å². The van der Waals surface area contributed by atoms with Gasteiger partial charge in [0.2, 0.25) is 53.2 Å². The first kappa shape index (κ1) is 56.0. The number of carbonyl (C=O) groups is 13. The van der Waals surface area contributed by atoms with Crippen molar-refractivity contribution in [2.45, 2.75) is 133 Å². The monoisotopic (exact) mass is 930 g/mol. The number of hydrogen-bond donors (Lipinski definition) is 14. The molecule has 9 atom stereocenters. The first-order valence-electron chi connectivity index (χ1n) is 20.3. The molecule has 28 heteroatoms. The number of carbonyl (C=O) groups excluding carboxylic acids is 9. The van der Waals surface area contributed by atoms with E-state index in [1.807, 2.05) is 0 Å². The molecule has 9 amide bonds. The minimum Gasteiger partial charge on any atom is -0.481 e. The van der Waals surface area contributed by atoms with Gasteiger partial charge in [-0.1, -0.05) is 20.3 Å². The lowest BCUT2D eigenvalue weighted by molar-refractivity contribution is -0.146. The molecule has 0 spiro atoms. The van der Waals surface area contributed by atoms with E-state index in [0.717, 1.165) is 4.90 Å². The van der Waals surface area contributed by atoms with Gasteiger partial charge < -0.3 is 79.5 Å². The largest absolute Gasteiger partial charge is 0.481 e. The van der Waals surface area contributed by atoms with Crippen LogP contribution in [0.15, 0.2) is 0 Å². The van der Waals surface area contributed by atoms with E-state index in [2.05, 4.69) is 31.9 Å². The summed E-state index contributed by atoms with van der Waals surface area (Å²) in [5.74, 6) is -16.6. The lowest BCUT2D eigenvalue weighted by Gasteiger charge is -2.32. The SMILES string of the molecule is CC[C@H](C)[C@H](NC(=O)[C@H](CC(N)=O)NC(=O)[C@H](CCC(=O)O)NC(=O)[C@H](CCC(=O)O)NC(=O)[C@H](CCC(=O)O)NC(=O)[C@@H](N)CC(N)=O)C(=O)N1CCC[C@H]1C(=O)N[C@@H](CO)C(=O)O. The van der Waals surface area contributed by atoms with Gasteiger partial charge in [-0.2, -0.15) is 0 Å². The Balaban J connectivity index is 3.47. The van der Waals surface area contributed by atoms with Gasteiger partial charge in [0.15, 0.2) is 0 Å². The highest BCUT2D eigenvalue weighted by Crippen LogP contribution is 2.22. The number of carboxylic acids is 4. The van der Waals surface area contributed by atoms with E-state index < -0.39 is 189 Å². The number of likely N-dealkylation sites (tertiary alicyclic amines) is 1. The topological polar surface area (TPSA) is 477 Å². The molecule has 1 aliphatic heterocycles. The Labute approximate surface area is 370 Å². The van der Waals surface area contributed by atoms with Gasteiger partial charge in [-0.05, 0) is 38.0 Å². The van der Waals surface area contributed by atoms with Gasteiger partial charge in [-0.25, -0.2) is 4.79 Å². The molecular formula is C37H58N10O18. The van der Waals surface area contributed by atoms with Crippen molar-refractivity contribution in [1.29, 1.82) is 0 Å². The molecule has 0 bridgehead atoms. The number of carboxylic acid groups (broad SMARTS) is 4. The fourth-order valence-electron chi connectivity index (χ4n) is 6.30. The van der Waals surface area contributed by atoms with Gasteiger partial charge in [0.1, 0.15) is 42.3 Å². The second-order valence-corrected chi connectivity index (χ2v) is 15.1. The van der Waals surface area contributed by atoms with Crippen LogP contribution in [0.25, 0.3) is 0 Å². The summed E-state index contributed by atoms with van der Waals surface area (Å²) < 4.78 is 0. The number of nitrogens with zero attached hydrogens (tertiary/aromatic N) is 1. The zero-order valence-corrected chi connectivity index (χ0v) is 35.6. The van der Waals surface area contributed by atoms with Gasteiger partial charge in [-0.3, -0.25) is 57.5 Å². The zero-order valence-electron chi connectivity index (χ0n) is 35.6. The molecule has 1 fully saturated rings. The van der Waals surface area contributed by atoms with Crippen LogP contribution in [0.3, 0.4) is 0 Å². The van der Waals surface area contributed by atoms with Crippen molar-refractivity contribution in [1.82, 2.24) is 36.8 Å². The van der Waals surface area contributed by atoms with E-state index in [1.165, 1.54) is 0 Å². The molecule has 17 N–H and O–H groups in total. The molecule has 1 heterocycles. The highest BCUT2D eigenvalue weighted by Gasteiger charge is 2.41. The van der Waals surface area contributed by atoms with E-state index in [-0.39, 0.29) is 19.4 Å². The summed E-state index contributed by atoms with van der Waals surface area (Å²) in [4.78, 5) is 164. The smallest absolute Gasteiger partial charge is 0.328 e. The summed E-state index contributed by atoms with van der Waals surface area (Å²) >= 11 is 0. The number of nitrogens with two attached hydrogens (primary N) is 3. The third-order valence-corrected chi connectivity index (χ3v) is 10.0. The van der Waals surface area contributed by atoms with Crippen LogP contribution >= 0.6 is 0 Å². The van der Waals surface area contributed by atoms with Crippen LogP contribution in [-0.2, 0) is 62.3 Å². The van der Waals surface area contributed by atoms with Crippen LogP contribution in [0.5, 0.6) is 0 Å². The number of aliphatic hydroxyl groups is 1. The molecule has 0 radical (unpaired) electrons. The minimum atomic E-state index is -1.90. The van der Waals surface area contributed by atoms with Gasteiger partial charge in [0, 0.05) is 25.8 Å². The van der Waals surface area contributed by atoms with Crippen molar-refractivity contribution in [2.75, 3.05) is 13.2 Å². The number of rotatable bonds is 30. The number of primary amides is 2. The molecule has 1 rings (SSSR count). The Morgan fingerprint density at radius 1 is 0.600 bits per heavy atom. The first-order valence-corrected chi connectivity index (χ1v) is 20.3. The van der Waals surface area contributed by atoms with Crippen molar-refractivity contribution >= 4 is 77.0 Å². The highest BCUT2D eigenvalue weighted by atomic mass is 16.4. The number of aliphatic hydroxyl groups excluding tert-OH is 1. The molecule has 364 valence electrons. The molecule has 28 nitrogen and oxygen atoms in total. The van der Waals surface area contributed by atoms with E-state index in [9.17, 15) is 87.9 Å². The summed E-state index contributed by atoms with van der Waals surface area (Å²) in [6.45, 7) is 2.26. The number of amides is 9. The van der Waals surface area contributed by atoms with E-state index in [1.54, 1.807) is 13.8 Å². The maximum Gasteiger partial charge on any atom is 0.328 e. The molecule has 0 aliphatic carbocycles. The second kappa shape index (κ2) is 27.3. The second-order valence-electron chi connectivity index (χ2n) is 15.1. The van der Waals surface area contributed by atoms with Crippen molar-refractivity contribution < 1.29 is 87.9 Å². The Hall–Kier alpha value is -6.97. The lowest BCUT2D eigenvalue weighted by Crippen LogP contribution is -2.61. The number of aliphatic carboxylic acids is 4. The fraction of sp³-hybridized carbons (Fsp3) is 0.649. The minimum absolute atomic E-state index is 0.000340. The molecular weight excluding hydrogens is 872 g/mol. The van der Waals surface area contributed by atoms with E-state index in [4.69, 9.17) is 17.2 Å².